The Hall–Kier alpha value is -1.52. The molecule has 114 valence electrons. The third kappa shape index (κ3) is 4.54. The van der Waals surface area contributed by atoms with Crippen LogP contribution >= 0.6 is 11.6 Å². The number of hydrogen-bond donors (Lipinski definition) is 0. The molecule has 0 N–H and O–H groups in total. The second-order valence-electron chi connectivity index (χ2n) is 3.18. The molecule has 1 aromatic heterocycles. The van der Waals surface area contributed by atoms with E-state index in [1.807, 2.05) is 0 Å². The molecule has 0 radical (unpaired) electrons. The zero-order valence-corrected chi connectivity index (χ0v) is 10.3. The van der Waals surface area contributed by atoms with E-state index in [0.29, 0.717) is 0 Å². The molecule has 0 atom stereocenters. The number of hydrogen-bond acceptors (Lipinski definition) is 5. The Bertz CT molecular complexity index is 453. The highest BCUT2D eigenvalue weighted by atomic mass is 35.5. The monoisotopic (exact) mass is 325 g/mol. The van der Waals surface area contributed by atoms with Gasteiger partial charge in [0.05, 0.1) is 6.61 Å². The normalized spacial score (nSPS) is 12.7. The molecule has 12 heteroatoms. The Balaban J connectivity index is 3.05. The summed E-state index contributed by atoms with van der Waals surface area (Å²) in [6.45, 7) is 1.51. The van der Waals surface area contributed by atoms with Crippen molar-refractivity contribution in [3.8, 4) is 12.0 Å². The van der Waals surface area contributed by atoms with E-state index in [1.54, 1.807) is 0 Å². The van der Waals surface area contributed by atoms with Gasteiger partial charge in [0, 0.05) is 0 Å². The molecule has 5 nitrogen and oxygen atoms in total. The summed E-state index contributed by atoms with van der Waals surface area (Å²) in [6.07, 6.45) is -15.5. The van der Waals surface area contributed by atoms with Crippen molar-refractivity contribution in [3.05, 3.63) is 5.28 Å². The predicted molar refractivity (Wildman–Crippen MR) is 52.5 cm³/mol. The van der Waals surface area contributed by atoms with Crippen LogP contribution in [0.25, 0.3) is 0 Å². The van der Waals surface area contributed by atoms with Crippen LogP contribution in [-0.4, -0.2) is 40.0 Å². The van der Waals surface area contributed by atoms with E-state index >= 15 is 0 Å². The van der Waals surface area contributed by atoms with Gasteiger partial charge in [-0.25, -0.2) is 0 Å². The molecule has 0 aliphatic rings. The lowest BCUT2D eigenvalue weighted by Gasteiger charge is -2.22. The first-order valence-electron chi connectivity index (χ1n) is 4.88. The summed E-state index contributed by atoms with van der Waals surface area (Å²) in [4.78, 5) is 9.50. The SMILES string of the molecule is CCOc1nc(Cl)nc(OC(C(F)(F)F)C(F)(F)F)n1. The molecule has 20 heavy (non-hydrogen) atoms. The first kappa shape index (κ1) is 16.5. The summed E-state index contributed by atoms with van der Waals surface area (Å²) in [5, 5.41) is -0.665. The minimum absolute atomic E-state index is 0.0156. The Morgan fingerprint density at radius 1 is 1.00 bits per heavy atom. The molecule has 1 aromatic rings. The van der Waals surface area contributed by atoms with Crippen LogP contribution in [0.3, 0.4) is 0 Å². The van der Waals surface area contributed by atoms with E-state index in [1.165, 1.54) is 6.92 Å². The van der Waals surface area contributed by atoms with E-state index in [2.05, 4.69) is 19.7 Å². The average molecular weight is 326 g/mol. The van der Waals surface area contributed by atoms with E-state index < -0.39 is 35.8 Å². The van der Waals surface area contributed by atoms with Gasteiger partial charge in [-0.15, -0.1) is 4.98 Å². The largest absolute Gasteiger partial charge is 0.464 e. The van der Waals surface area contributed by atoms with E-state index in [-0.39, 0.29) is 6.61 Å². The molecular formula is C8H6ClF6N3O2. The predicted octanol–water partition coefficient (Wildman–Crippen LogP) is 2.80. The molecule has 0 unspecified atom stereocenters. The van der Waals surface area contributed by atoms with Crippen molar-refractivity contribution in [1.29, 1.82) is 0 Å². The molecule has 0 amide bonds. The Kier molecular flexibility index (Phi) is 4.84. The number of halogens is 7. The second kappa shape index (κ2) is 5.85. The van der Waals surface area contributed by atoms with Crippen LogP contribution in [0.15, 0.2) is 0 Å². The Morgan fingerprint density at radius 2 is 1.50 bits per heavy atom. The third-order valence-corrected chi connectivity index (χ3v) is 1.83. The van der Waals surface area contributed by atoms with E-state index in [0.717, 1.165) is 0 Å². The Morgan fingerprint density at radius 3 is 1.95 bits per heavy atom. The fourth-order valence-electron chi connectivity index (χ4n) is 0.986. The minimum atomic E-state index is -5.69. The smallest absolute Gasteiger partial charge is 0.434 e. The topological polar surface area (TPSA) is 57.1 Å². The van der Waals surface area contributed by atoms with Crippen LogP contribution in [0, 0.1) is 0 Å². The standard InChI is InChI=1S/C8H6ClF6N3O2/c1-2-19-5-16-4(9)17-6(18-5)20-3(7(10,11)12)8(13,14)15/h3H,2H2,1H3. The lowest BCUT2D eigenvalue weighted by atomic mass is 10.3. The van der Waals surface area contributed by atoms with Gasteiger partial charge in [-0.2, -0.15) is 36.3 Å². The van der Waals surface area contributed by atoms with E-state index in [4.69, 9.17) is 16.3 Å². The number of nitrogens with zero attached hydrogens (tertiary/aromatic N) is 3. The summed E-state index contributed by atoms with van der Waals surface area (Å²) in [5.41, 5.74) is 0. The van der Waals surface area contributed by atoms with Crippen LogP contribution in [0.5, 0.6) is 12.0 Å². The van der Waals surface area contributed by atoms with Crippen molar-refractivity contribution in [2.24, 2.45) is 0 Å². The van der Waals surface area contributed by atoms with Gasteiger partial charge in [-0.1, -0.05) is 0 Å². The van der Waals surface area contributed by atoms with Crippen molar-refractivity contribution >= 4 is 11.6 Å². The number of alkyl halides is 6. The van der Waals surface area contributed by atoms with Crippen molar-refractivity contribution < 1.29 is 35.8 Å². The van der Waals surface area contributed by atoms with Gasteiger partial charge in [0.25, 0.3) is 6.10 Å². The number of ether oxygens (including phenoxy) is 2. The summed E-state index contributed by atoms with van der Waals surface area (Å²) in [5.74, 6) is 0. The highest BCUT2D eigenvalue weighted by Gasteiger charge is 2.59. The van der Waals surface area contributed by atoms with Gasteiger partial charge in [0.15, 0.2) is 0 Å². The highest BCUT2D eigenvalue weighted by Crippen LogP contribution is 2.35. The van der Waals surface area contributed by atoms with Gasteiger partial charge in [-0.05, 0) is 18.5 Å². The van der Waals surface area contributed by atoms with Crippen molar-refractivity contribution in [2.45, 2.75) is 25.4 Å². The first-order valence-corrected chi connectivity index (χ1v) is 5.26. The summed E-state index contributed by atoms with van der Waals surface area (Å²) in [7, 11) is 0. The van der Waals surface area contributed by atoms with Crippen LogP contribution < -0.4 is 9.47 Å². The number of rotatable bonds is 4. The maximum Gasteiger partial charge on any atom is 0.434 e. The molecule has 0 saturated carbocycles. The van der Waals surface area contributed by atoms with Gasteiger partial charge >= 0.3 is 24.4 Å². The van der Waals surface area contributed by atoms with Crippen LogP contribution in [0.1, 0.15) is 6.92 Å². The Labute approximate surface area is 112 Å². The molecular weight excluding hydrogens is 320 g/mol. The fourth-order valence-corrected chi connectivity index (χ4v) is 1.13. The molecule has 1 heterocycles. The minimum Gasteiger partial charge on any atom is -0.464 e. The van der Waals surface area contributed by atoms with E-state index in [9.17, 15) is 26.3 Å². The quantitative estimate of drug-likeness (QED) is 0.797. The molecule has 0 bridgehead atoms. The van der Waals surface area contributed by atoms with Crippen LogP contribution in [0.4, 0.5) is 26.3 Å². The van der Waals surface area contributed by atoms with Gasteiger partial charge in [0.1, 0.15) is 0 Å². The molecule has 1 rings (SSSR count). The molecule has 0 spiro atoms. The lowest BCUT2D eigenvalue weighted by Crippen LogP contribution is -2.46. The molecule has 0 aliphatic carbocycles. The maximum absolute atomic E-state index is 12.3. The summed E-state index contributed by atoms with van der Waals surface area (Å²) in [6, 6.07) is -1.79. The van der Waals surface area contributed by atoms with Crippen LogP contribution in [-0.2, 0) is 0 Å². The molecule has 0 aliphatic heterocycles. The summed E-state index contributed by atoms with van der Waals surface area (Å²) >= 11 is 5.31. The zero-order valence-electron chi connectivity index (χ0n) is 9.59. The highest BCUT2D eigenvalue weighted by molar-refractivity contribution is 6.28. The van der Waals surface area contributed by atoms with Gasteiger partial charge < -0.3 is 9.47 Å². The van der Waals surface area contributed by atoms with Crippen molar-refractivity contribution in [2.75, 3.05) is 6.61 Å². The first-order chi connectivity index (χ1) is 9.04. The maximum atomic E-state index is 12.3. The van der Waals surface area contributed by atoms with Gasteiger partial charge in [0.2, 0.25) is 5.28 Å². The van der Waals surface area contributed by atoms with Crippen molar-refractivity contribution in [1.82, 2.24) is 15.0 Å². The number of aromatic nitrogens is 3. The molecule has 0 saturated heterocycles. The molecule has 0 aromatic carbocycles. The second-order valence-corrected chi connectivity index (χ2v) is 3.52. The summed E-state index contributed by atoms with van der Waals surface area (Å²) < 4.78 is 82.0. The fraction of sp³-hybridized carbons (Fsp3) is 0.625. The molecule has 0 fully saturated rings. The zero-order chi connectivity index (χ0) is 15.6. The third-order valence-electron chi connectivity index (χ3n) is 1.66. The van der Waals surface area contributed by atoms with Crippen molar-refractivity contribution in [3.63, 3.8) is 0 Å². The van der Waals surface area contributed by atoms with Gasteiger partial charge in [-0.3, -0.25) is 0 Å². The average Bonchev–Trinajstić information content (AvgIpc) is 2.22. The lowest BCUT2D eigenvalue weighted by molar-refractivity contribution is -0.301. The van der Waals surface area contributed by atoms with Crippen LogP contribution in [0.2, 0.25) is 5.28 Å².